The van der Waals surface area contributed by atoms with Crippen molar-refractivity contribution >= 4 is 44.5 Å². The average Bonchev–Trinajstić information content (AvgIpc) is 3.38. The number of allylic oxidation sites excluding steroid dienone is 2. The molecule has 0 spiro atoms. The number of aryl methyl sites for hydroxylation is 1. The van der Waals surface area contributed by atoms with Crippen LogP contribution in [0.15, 0.2) is 47.8 Å². The molecule has 1 aliphatic carbocycles. The van der Waals surface area contributed by atoms with E-state index in [-0.39, 0.29) is 28.8 Å². The van der Waals surface area contributed by atoms with Gasteiger partial charge in [-0.25, -0.2) is 16.9 Å². The third-order valence-corrected chi connectivity index (χ3v) is 7.58. The van der Waals surface area contributed by atoms with Crippen LogP contribution in [0.5, 0.6) is 0 Å². The van der Waals surface area contributed by atoms with Gasteiger partial charge in [0.2, 0.25) is 10.0 Å². The minimum Gasteiger partial charge on any atom is -0.505 e. The summed E-state index contributed by atoms with van der Waals surface area (Å²) >= 11 is 4.40. The molecule has 0 aromatic carbocycles. The maximum Gasteiger partial charge on any atom is 0.269 e. The van der Waals surface area contributed by atoms with Gasteiger partial charge in [-0.2, -0.15) is 0 Å². The maximum absolute atomic E-state index is 12.7. The number of hydrogen-bond acceptors (Lipinski definition) is 7. The van der Waals surface area contributed by atoms with E-state index in [0.717, 1.165) is 16.0 Å². The first kappa shape index (κ1) is 35.9. The lowest BCUT2D eigenvalue weighted by atomic mass is 10.2. The van der Waals surface area contributed by atoms with Gasteiger partial charge in [0, 0.05) is 14.1 Å². The highest BCUT2D eigenvalue weighted by Crippen LogP contribution is 2.31. The number of furan rings is 1. The van der Waals surface area contributed by atoms with Gasteiger partial charge in [0.15, 0.2) is 17.4 Å². The van der Waals surface area contributed by atoms with Crippen LogP contribution in [-0.4, -0.2) is 53.2 Å². The topological polar surface area (TPSA) is 137 Å². The molecule has 218 valence electrons. The van der Waals surface area contributed by atoms with E-state index in [0.29, 0.717) is 18.6 Å². The van der Waals surface area contributed by atoms with Crippen molar-refractivity contribution in [3.05, 3.63) is 46.1 Å². The second-order valence-corrected chi connectivity index (χ2v) is 12.0. The Kier molecular flexibility index (Phi) is 16.5. The average molecular weight is 594 g/mol. The number of sulfonamides is 1. The molecular weight excluding hydrogens is 550 g/mol. The van der Waals surface area contributed by atoms with Crippen molar-refractivity contribution in [2.45, 2.75) is 80.2 Å². The van der Waals surface area contributed by atoms with Crippen LogP contribution in [0.4, 0.5) is 0 Å². The molecule has 3 rings (SSSR count). The monoisotopic (exact) mass is 593 g/mol. The van der Waals surface area contributed by atoms with Crippen molar-refractivity contribution in [2.24, 2.45) is 14.7 Å². The summed E-state index contributed by atoms with van der Waals surface area (Å²) < 4.78 is 51.4. The number of rotatable bonds is 5. The molecule has 2 heterocycles. The summed E-state index contributed by atoms with van der Waals surface area (Å²) in [5.41, 5.74) is 0.0968. The van der Waals surface area contributed by atoms with Crippen LogP contribution in [0.1, 0.15) is 72.8 Å². The first-order valence-corrected chi connectivity index (χ1v) is 15.6. The second kappa shape index (κ2) is 17.4. The molecular formula is C25H44ClN5O5S2. The van der Waals surface area contributed by atoms with Gasteiger partial charge in [0.25, 0.3) is 11.2 Å². The number of halogens is 1. The number of aliphatic hydroxyl groups is 1. The van der Waals surface area contributed by atoms with Crippen LogP contribution < -0.4 is 10.6 Å². The molecule has 0 saturated carbocycles. The minimum absolute atomic E-state index is 0.0968. The highest BCUT2D eigenvalue weighted by molar-refractivity contribution is 7.93. The van der Waals surface area contributed by atoms with E-state index in [1.165, 1.54) is 14.1 Å². The standard InChI is InChI=1S/C17H22ClN5O5S2.C4H10.2C2H6/c1-10-7-8-11(28-10)9-19-16-17(22-29(25)21-16)20-13-6-4-5-12(18)15(14(13)24)30(26,27)23(2)3;1-4(2)3;2*1-2/h6-8,12,24H,4-5,9H2,1-3H3,(H,19,21)(H,20,22);4H,1-3H3;2*1-2H3. The van der Waals surface area contributed by atoms with Crippen LogP contribution in [-0.2, 0) is 27.7 Å². The summed E-state index contributed by atoms with van der Waals surface area (Å²) in [6.45, 7) is 16.6. The number of amidine groups is 2. The van der Waals surface area contributed by atoms with Gasteiger partial charge in [-0.05, 0) is 37.8 Å². The number of aliphatic hydroxyl groups excluding tert-OH is 1. The van der Waals surface area contributed by atoms with Crippen LogP contribution in [0.2, 0.25) is 0 Å². The molecule has 2 unspecified atom stereocenters. The quantitative estimate of drug-likeness (QED) is 0.393. The van der Waals surface area contributed by atoms with Gasteiger partial charge in [0.05, 0.1) is 17.6 Å². The predicted octanol–water partition coefficient (Wildman–Crippen LogP) is 5.32. The van der Waals surface area contributed by atoms with Crippen molar-refractivity contribution in [3.63, 3.8) is 0 Å². The van der Waals surface area contributed by atoms with Gasteiger partial charge in [0.1, 0.15) is 16.4 Å². The molecule has 1 aromatic rings. The first-order valence-electron chi connectivity index (χ1n) is 12.7. The van der Waals surface area contributed by atoms with Crippen LogP contribution >= 0.6 is 11.6 Å². The molecule has 10 nitrogen and oxygen atoms in total. The molecule has 2 atom stereocenters. The molecule has 38 heavy (non-hydrogen) atoms. The summed E-state index contributed by atoms with van der Waals surface area (Å²) in [4.78, 5) is -0.303. The summed E-state index contributed by atoms with van der Waals surface area (Å²) in [6.07, 6.45) is 2.34. The number of alkyl halides is 1. The zero-order valence-electron chi connectivity index (χ0n) is 24.1. The van der Waals surface area contributed by atoms with E-state index >= 15 is 0 Å². The zero-order valence-corrected chi connectivity index (χ0v) is 26.5. The van der Waals surface area contributed by atoms with Gasteiger partial charge in [-0.3, -0.25) is 0 Å². The van der Waals surface area contributed by atoms with E-state index in [2.05, 4.69) is 40.2 Å². The predicted molar refractivity (Wildman–Crippen MR) is 159 cm³/mol. The number of nitrogens with one attached hydrogen (secondary N) is 2. The summed E-state index contributed by atoms with van der Waals surface area (Å²) in [6, 6.07) is 3.60. The Hall–Kier alpha value is -2.15. The third-order valence-electron chi connectivity index (χ3n) is 4.34. The van der Waals surface area contributed by atoms with Gasteiger partial charge in [-0.1, -0.05) is 54.5 Å². The Morgan fingerprint density at radius 3 is 2.21 bits per heavy atom. The van der Waals surface area contributed by atoms with Gasteiger partial charge in [-0.15, -0.1) is 20.4 Å². The Balaban J connectivity index is 0.00000153. The van der Waals surface area contributed by atoms with E-state index < -0.39 is 32.3 Å². The fraction of sp³-hybridized carbons (Fsp3) is 0.600. The van der Waals surface area contributed by atoms with Gasteiger partial charge < -0.3 is 20.2 Å². The van der Waals surface area contributed by atoms with Crippen LogP contribution in [0.3, 0.4) is 0 Å². The summed E-state index contributed by atoms with van der Waals surface area (Å²) in [5.74, 6) is 2.01. The maximum atomic E-state index is 12.7. The Labute approximate surface area is 236 Å². The van der Waals surface area contributed by atoms with Gasteiger partial charge >= 0.3 is 0 Å². The molecule has 1 aromatic heterocycles. The minimum atomic E-state index is -3.96. The van der Waals surface area contributed by atoms with Crippen molar-refractivity contribution in [3.8, 4) is 0 Å². The zero-order chi connectivity index (χ0) is 29.6. The molecule has 0 radical (unpaired) electrons. The number of nitrogens with zero attached hydrogens (tertiary/aromatic N) is 3. The van der Waals surface area contributed by atoms with Crippen molar-refractivity contribution in [1.82, 2.24) is 14.9 Å². The molecule has 0 amide bonds. The molecule has 13 heteroatoms. The van der Waals surface area contributed by atoms with E-state index in [4.69, 9.17) is 16.0 Å². The molecule has 0 saturated heterocycles. The SMILES string of the molecule is CC.CC.CC(C)C.Cc1ccc(CNC2=NS(=O)N=C2NC2=CCCC(Cl)C(S(=O)(=O)N(C)C)=C2O)o1. The van der Waals surface area contributed by atoms with Crippen molar-refractivity contribution in [1.29, 1.82) is 0 Å². The fourth-order valence-corrected chi connectivity index (χ4v) is 5.21. The lowest BCUT2D eigenvalue weighted by molar-refractivity contribution is 0.412. The lowest BCUT2D eigenvalue weighted by Crippen LogP contribution is -2.38. The highest BCUT2D eigenvalue weighted by Gasteiger charge is 2.34. The lowest BCUT2D eigenvalue weighted by Gasteiger charge is -2.19. The molecule has 3 N–H and O–H groups in total. The first-order chi connectivity index (χ1) is 17.8. The fourth-order valence-electron chi connectivity index (χ4n) is 2.81. The third kappa shape index (κ3) is 10.9. The van der Waals surface area contributed by atoms with E-state index in [1.807, 2.05) is 40.7 Å². The van der Waals surface area contributed by atoms with E-state index in [9.17, 15) is 17.7 Å². The molecule has 1 aliphatic heterocycles. The van der Waals surface area contributed by atoms with Crippen molar-refractivity contribution in [2.75, 3.05) is 14.1 Å². The smallest absolute Gasteiger partial charge is 0.269 e. The molecule has 2 aliphatic rings. The Morgan fingerprint density at radius 1 is 1.16 bits per heavy atom. The van der Waals surface area contributed by atoms with E-state index in [1.54, 1.807) is 12.1 Å². The van der Waals surface area contributed by atoms with Crippen LogP contribution in [0, 0.1) is 12.8 Å². The number of hydrogen-bond donors (Lipinski definition) is 3. The Bertz CT molecular complexity index is 1140. The highest BCUT2D eigenvalue weighted by atomic mass is 35.5. The largest absolute Gasteiger partial charge is 0.505 e. The summed E-state index contributed by atoms with van der Waals surface area (Å²) in [5, 5.41) is 15.6. The molecule has 0 bridgehead atoms. The Morgan fingerprint density at radius 2 is 1.71 bits per heavy atom. The molecule has 0 fully saturated rings. The van der Waals surface area contributed by atoms with Crippen molar-refractivity contribution < 1.29 is 22.2 Å². The summed E-state index contributed by atoms with van der Waals surface area (Å²) in [7, 11) is -1.25. The normalized spacial score (nSPS) is 19.0. The second-order valence-electron chi connectivity index (χ2n) is 8.50. The van der Waals surface area contributed by atoms with Crippen LogP contribution in [0.25, 0.3) is 0 Å².